The van der Waals surface area contributed by atoms with E-state index in [4.69, 9.17) is 9.26 Å². The monoisotopic (exact) mass is 332 g/mol. The first kappa shape index (κ1) is 17.3. The van der Waals surface area contributed by atoms with Gasteiger partial charge in [0.05, 0.1) is 25.8 Å². The smallest absolute Gasteiger partial charge is 0.257 e. The van der Waals surface area contributed by atoms with Gasteiger partial charge in [-0.3, -0.25) is 20.4 Å². The molecule has 24 heavy (non-hydrogen) atoms. The lowest BCUT2D eigenvalue weighted by atomic mass is 10.1. The molecule has 8 nitrogen and oxygen atoms in total. The first-order valence-electron chi connectivity index (χ1n) is 7.37. The van der Waals surface area contributed by atoms with Crippen molar-refractivity contribution >= 4 is 17.5 Å². The van der Waals surface area contributed by atoms with Crippen molar-refractivity contribution in [2.45, 2.75) is 20.3 Å². The maximum atomic E-state index is 11.8. The molecule has 0 fully saturated rings. The number of aryl methyl sites for hydroxylation is 2. The van der Waals surface area contributed by atoms with Gasteiger partial charge in [0.15, 0.2) is 0 Å². The molecule has 0 spiro atoms. The van der Waals surface area contributed by atoms with Crippen molar-refractivity contribution in [3.8, 4) is 5.75 Å². The van der Waals surface area contributed by atoms with Crippen LogP contribution in [-0.2, 0) is 16.0 Å². The minimum Gasteiger partial charge on any atom is -0.497 e. The summed E-state index contributed by atoms with van der Waals surface area (Å²) in [5.41, 5.74) is 6.87. The molecular weight excluding hydrogens is 312 g/mol. The quantitative estimate of drug-likeness (QED) is 0.684. The van der Waals surface area contributed by atoms with Gasteiger partial charge < -0.3 is 14.6 Å². The molecule has 2 amide bonds. The van der Waals surface area contributed by atoms with Gasteiger partial charge in [0.1, 0.15) is 11.5 Å². The van der Waals surface area contributed by atoms with E-state index >= 15 is 0 Å². The number of hydrogen-bond donors (Lipinski definition) is 3. The molecule has 0 bridgehead atoms. The van der Waals surface area contributed by atoms with E-state index in [-0.39, 0.29) is 24.8 Å². The van der Waals surface area contributed by atoms with Crippen molar-refractivity contribution in [3.05, 3.63) is 41.3 Å². The van der Waals surface area contributed by atoms with Crippen LogP contribution < -0.4 is 20.9 Å². The molecule has 0 saturated carbocycles. The summed E-state index contributed by atoms with van der Waals surface area (Å²) in [6, 6.07) is 7.15. The van der Waals surface area contributed by atoms with E-state index in [2.05, 4.69) is 21.3 Å². The van der Waals surface area contributed by atoms with E-state index in [1.165, 1.54) is 0 Å². The minimum absolute atomic E-state index is 0.0257. The molecule has 2 aromatic rings. The predicted molar refractivity (Wildman–Crippen MR) is 87.5 cm³/mol. The van der Waals surface area contributed by atoms with Crippen molar-refractivity contribution in [1.82, 2.24) is 16.0 Å². The fourth-order valence-electron chi connectivity index (χ4n) is 2.03. The Balaban J connectivity index is 1.73. The average Bonchev–Trinajstić information content (AvgIpc) is 2.90. The van der Waals surface area contributed by atoms with Crippen molar-refractivity contribution in [3.63, 3.8) is 0 Å². The highest BCUT2D eigenvalue weighted by Gasteiger charge is 2.13. The summed E-state index contributed by atoms with van der Waals surface area (Å²) in [6.45, 7) is 3.52. The topological polar surface area (TPSA) is 105 Å². The third-order valence-electron chi connectivity index (χ3n) is 3.40. The van der Waals surface area contributed by atoms with E-state index in [1.54, 1.807) is 45.2 Å². The van der Waals surface area contributed by atoms with Gasteiger partial charge in [0.25, 0.3) is 5.91 Å². The van der Waals surface area contributed by atoms with Crippen LogP contribution in [0.2, 0.25) is 0 Å². The summed E-state index contributed by atoms with van der Waals surface area (Å²) < 4.78 is 10.0. The number of hydrogen-bond acceptors (Lipinski definition) is 6. The molecule has 1 aromatic carbocycles. The fourth-order valence-corrected chi connectivity index (χ4v) is 2.03. The Hall–Kier alpha value is -3.03. The molecule has 0 aliphatic carbocycles. The molecule has 0 radical (unpaired) electrons. The van der Waals surface area contributed by atoms with Gasteiger partial charge in [0, 0.05) is 11.3 Å². The summed E-state index contributed by atoms with van der Waals surface area (Å²) in [4.78, 5) is 23.6. The Morgan fingerprint density at radius 2 is 1.79 bits per heavy atom. The maximum Gasteiger partial charge on any atom is 0.257 e. The van der Waals surface area contributed by atoms with Gasteiger partial charge in [-0.05, 0) is 38.1 Å². The summed E-state index contributed by atoms with van der Waals surface area (Å²) in [5, 5.41) is 6.72. The number of carbonyl (C=O) groups excluding carboxylic acids is 2. The highest BCUT2D eigenvalue weighted by Crippen LogP contribution is 2.14. The Morgan fingerprint density at radius 1 is 1.12 bits per heavy atom. The first-order chi connectivity index (χ1) is 11.5. The Labute approximate surface area is 139 Å². The van der Waals surface area contributed by atoms with Gasteiger partial charge in [-0.2, -0.15) is 0 Å². The molecule has 2 rings (SSSR count). The number of carbonyl (C=O) groups is 2. The number of amides is 2. The van der Waals surface area contributed by atoms with Crippen molar-refractivity contribution in [2.75, 3.05) is 19.0 Å². The zero-order valence-corrected chi connectivity index (χ0v) is 13.8. The van der Waals surface area contributed by atoms with Crippen LogP contribution in [0.4, 0.5) is 5.69 Å². The van der Waals surface area contributed by atoms with Crippen LogP contribution in [0.3, 0.4) is 0 Å². The molecule has 0 unspecified atom stereocenters. The van der Waals surface area contributed by atoms with Crippen molar-refractivity contribution in [1.29, 1.82) is 0 Å². The third-order valence-corrected chi connectivity index (χ3v) is 3.40. The number of rotatable bonds is 6. The molecule has 1 aromatic heterocycles. The molecule has 0 aliphatic rings. The molecule has 0 saturated heterocycles. The van der Waals surface area contributed by atoms with Gasteiger partial charge in [0.2, 0.25) is 5.91 Å². The molecular formula is C16H20N4O4. The van der Waals surface area contributed by atoms with Crippen molar-refractivity contribution < 1.29 is 18.8 Å². The highest BCUT2D eigenvalue weighted by molar-refractivity contribution is 5.85. The number of benzene rings is 1. The molecule has 1 heterocycles. The Morgan fingerprint density at radius 3 is 2.38 bits per heavy atom. The number of aromatic nitrogens is 1. The second kappa shape index (κ2) is 8.00. The summed E-state index contributed by atoms with van der Waals surface area (Å²) in [6.07, 6.45) is 0.0906. The first-order valence-corrected chi connectivity index (χ1v) is 7.37. The van der Waals surface area contributed by atoms with Gasteiger partial charge >= 0.3 is 0 Å². The van der Waals surface area contributed by atoms with Crippen LogP contribution in [0, 0.1) is 13.8 Å². The van der Waals surface area contributed by atoms with Gasteiger partial charge in [-0.15, -0.1) is 0 Å². The number of nitrogens with zero attached hydrogens (tertiary/aromatic N) is 1. The summed E-state index contributed by atoms with van der Waals surface area (Å²) >= 11 is 0. The Bertz CT molecular complexity index is 690. The van der Waals surface area contributed by atoms with E-state index in [0.29, 0.717) is 11.5 Å². The standard InChI is InChI=1S/C16H20N4O4/c1-10-14(11(2)24-20-10)8-15(21)18-19-16(22)9-17-12-4-6-13(23-3)7-5-12/h4-7,17H,8-9H2,1-3H3,(H,18,21)(H,19,22). The number of methoxy groups -OCH3 is 1. The molecule has 0 atom stereocenters. The van der Waals surface area contributed by atoms with E-state index < -0.39 is 0 Å². The second-order valence-corrected chi connectivity index (χ2v) is 5.16. The number of hydrazine groups is 1. The number of ether oxygens (including phenoxy) is 1. The zero-order valence-electron chi connectivity index (χ0n) is 13.8. The van der Waals surface area contributed by atoms with Gasteiger partial charge in [-0.25, -0.2) is 0 Å². The third kappa shape index (κ3) is 4.73. The average molecular weight is 332 g/mol. The highest BCUT2D eigenvalue weighted by atomic mass is 16.5. The minimum atomic E-state index is -0.363. The molecule has 8 heteroatoms. The van der Waals surface area contributed by atoms with E-state index in [0.717, 1.165) is 17.0 Å². The summed E-state index contributed by atoms with van der Waals surface area (Å²) in [5.74, 6) is 0.617. The zero-order chi connectivity index (χ0) is 17.5. The van der Waals surface area contributed by atoms with Crippen LogP contribution in [-0.4, -0.2) is 30.6 Å². The fraction of sp³-hybridized carbons (Fsp3) is 0.312. The normalized spacial score (nSPS) is 10.1. The van der Waals surface area contributed by atoms with E-state index in [9.17, 15) is 9.59 Å². The maximum absolute atomic E-state index is 11.8. The summed E-state index contributed by atoms with van der Waals surface area (Å²) in [7, 11) is 1.58. The molecule has 3 N–H and O–H groups in total. The van der Waals surface area contributed by atoms with Crippen LogP contribution in [0.15, 0.2) is 28.8 Å². The lowest BCUT2D eigenvalue weighted by Crippen LogP contribution is -2.44. The Kier molecular flexibility index (Phi) is 5.78. The molecule has 128 valence electrons. The largest absolute Gasteiger partial charge is 0.497 e. The number of anilines is 1. The SMILES string of the molecule is COc1ccc(NCC(=O)NNC(=O)Cc2c(C)noc2C)cc1. The lowest BCUT2D eigenvalue weighted by molar-refractivity contribution is -0.127. The lowest BCUT2D eigenvalue weighted by Gasteiger charge is -2.09. The predicted octanol–water partition coefficient (Wildman–Crippen LogP) is 1.10. The molecule has 0 aliphatic heterocycles. The van der Waals surface area contributed by atoms with Crippen LogP contribution >= 0.6 is 0 Å². The van der Waals surface area contributed by atoms with Gasteiger partial charge in [-0.1, -0.05) is 5.16 Å². The van der Waals surface area contributed by atoms with E-state index in [1.807, 2.05) is 0 Å². The van der Waals surface area contributed by atoms with Crippen LogP contribution in [0.25, 0.3) is 0 Å². The van der Waals surface area contributed by atoms with Crippen LogP contribution in [0.5, 0.6) is 5.75 Å². The second-order valence-electron chi connectivity index (χ2n) is 5.16. The van der Waals surface area contributed by atoms with Crippen molar-refractivity contribution in [2.24, 2.45) is 0 Å². The van der Waals surface area contributed by atoms with Crippen LogP contribution in [0.1, 0.15) is 17.0 Å². The number of nitrogens with one attached hydrogen (secondary N) is 3.